The first-order valence-corrected chi connectivity index (χ1v) is 9.65. The van der Waals surface area contributed by atoms with Crippen molar-refractivity contribution in [2.24, 2.45) is 0 Å². The van der Waals surface area contributed by atoms with Gasteiger partial charge in [0.1, 0.15) is 0 Å². The molecule has 0 spiro atoms. The van der Waals surface area contributed by atoms with Crippen molar-refractivity contribution in [2.45, 2.75) is 19.6 Å². The fourth-order valence-electron chi connectivity index (χ4n) is 3.26. The van der Waals surface area contributed by atoms with Gasteiger partial charge in [0.2, 0.25) is 0 Å². The molecular weight excluding hydrogens is 381 g/mol. The molecular formula is C22H25F3N2O2. The summed E-state index contributed by atoms with van der Waals surface area (Å²) in [6, 6.07) is 12.4. The topological polar surface area (TPSA) is 32.8 Å². The molecule has 0 saturated carbocycles. The lowest BCUT2D eigenvalue weighted by Gasteiger charge is -2.30. The van der Waals surface area contributed by atoms with E-state index in [-0.39, 0.29) is 5.56 Å². The summed E-state index contributed by atoms with van der Waals surface area (Å²) in [7, 11) is 0. The van der Waals surface area contributed by atoms with Gasteiger partial charge in [0.25, 0.3) is 5.91 Å². The molecule has 0 radical (unpaired) electrons. The molecule has 4 nitrogen and oxygen atoms in total. The Labute approximate surface area is 168 Å². The van der Waals surface area contributed by atoms with Crippen molar-refractivity contribution < 1.29 is 22.7 Å². The van der Waals surface area contributed by atoms with Gasteiger partial charge in [-0.05, 0) is 30.7 Å². The van der Waals surface area contributed by atoms with Gasteiger partial charge >= 0.3 is 6.18 Å². The van der Waals surface area contributed by atoms with Gasteiger partial charge in [-0.3, -0.25) is 9.69 Å². The minimum atomic E-state index is -4.48. The monoisotopic (exact) mass is 406 g/mol. The van der Waals surface area contributed by atoms with Crippen LogP contribution in [0.1, 0.15) is 27.0 Å². The van der Waals surface area contributed by atoms with Crippen LogP contribution >= 0.6 is 0 Å². The number of alkyl halides is 3. The molecule has 2 aromatic carbocycles. The highest BCUT2D eigenvalue weighted by molar-refractivity contribution is 5.94. The Morgan fingerprint density at radius 3 is 2.45 bits per heavy atom. The van der Waals surface area contributed by atoms with Crippen molar-refractivity contribution in [1.29, 1.82) is 0 Å². The number of ether oxygens (including phenoxy) is 1. The van der Waals surface area contributed by atoms with E-state index < -0.39 is 17.6 Å². The van der Waals surface area contributed by atoms with Crippen LogP contribution in [0.4, 0.5) is 13.2 Å². The summed E-state index contributed by atoms with van der Waals surface area (Å²) in [5, 5.41) is 0. The predicted molar refractivity (Wildman–Crippen MR) is 105 cm³/mol. The fraction of sp³-hybridized carbons (Fsp3) is 0.409. The number of carbonyl (C=O) groups excluding carboxylic acids is 1. The number of carbonyl (C=O) groups is 1. The lowest BCUT2D eigenvalue weighted by molar-refractivity contribution is -0.137. The Balaban J connectivity index is 1.78. The summed E-state index contributed by atoms with van der Waals surface area (Å²) in [5.41, 5.74) is 1.29. The first-order chi connectivity index (χ1) is 13.8. The van der Waals surface area contributed by atoms with E-state index in [0.717, 1.165) is 36.3 Å². The summed E-state index contributed by atoms with van der Waals surface area (Å²) in [5.74, 6) is -0.398. The second kappa shape index (κ2) is 9.41. The maximum absolute atomic E-state index is 13.1. The van der Waals surface area contributed by atoms with Crippen LogP contribution in [0, 0.1) is 6.92 Å². The molecule has 29 heavy (non-hydrogen) atoms. The van der Waals surface area contributed by atoms with Gasteiger partial charge in [-0.15, -0.1) is 0 Å². The van der Waals surface area contributed by atoms with Crippen molar-refractivity contribution in [3.63, 3.8) is 0 Å². The Morgan fingerprint density at radius 1 is 1.10 bits per heavy atom. The normalized spacial score (nSPS) is 15.3. The van der Waals surface area contributed by atoms with Crippen LogP contribution in [0.15, 0.2) is 48.5 Å². The van der Waals surface area contributed by atoms with Crippen LogP contribution in [-0.2, 0) is 17.5 Å². The van der Waals surface area contributed by atoms with E-state index in [9.17, 15) is 18.0 Å². The van der Waals surface area contributed by atoms with Crippen LogP contribution in [0.25, 0.3) is 0 Å². The van der Waals surface area contributed by atoms with Gasteiger partial charge in [0, 0.05) is 38.3 Å². The fourth-order valence-corrected chi connectivity index (χ4v) is 3.26. The molecule has 1 aliphatic heterocycles. The molecule has 1 amide bonds. The van der Waals surface area contributed by atoms with E-state index in [2.05, 4.69) is 4.90 Å². The lowest BCUT2D eigenvalue weighted by Crippen LogP contribution is -2.43. The van der Waals surface area contributed by atoms with E-state index in [1.807, 2.05) is 31.2 Å². The van der Waals surface area contributed by atoms with Crippen LogP contribution in [-0.4, -0.2) is 55.1 Å². The van der Waals surface area contributed by atoms with Gasteiger partial charge in [-0.2, -0.15) is 13.2 Å². The third-order valence-electron chi connectivity index (χ3n) is 5.01. The highest BCUT2D eigenvalue weighted by Gasteiger charge is 2.31. The maximum Gasteiger partial charge on any atom is 0.416 e. The molecule has 0 aromatic heterocycles. The van der Waals surface area contributed by atoms with Crippen LogP contribution < -0.4 is 0 Å². The predicted octanol–water partition coefficient (Wildman–Crippen LogP) is 3.99. The van der Waals surface area contributed by atoms with Crippen molar-refractivity contribution in [1.82, 2.24) is 9.80 Å². The number of nitrogens with zero attached hydrogens (tertiary/aromatic N) is 2. The first kappa shape index (κ1) is 21.3. The quantitative estimate of drug-likeness (QED) is 0.727. The number of halogens is 3. The van der Waals surface area contributed by atoms with E-state index in [0.29, 0.717) is 32.8 Å². The number of benzene rings is 2. The van der Waals surface area contributed by atoms with Crippen LogP contribution in [0.5, 0.6) is 0 Å². The lowest BCUT2D eigenvalue weighted by atomic mass is 10.1. The Morgan fingerprint density at radius 2 is 1.79 bits per heavy atom. The number of hydrogen-bond acceptors (Lipinski definition) is 3. The molecule has 1 heterocycles. The molecule has 0 atom stereocenters. The average molecular weight is 406 g/mol. The van der Waals surface area contributed by atoms with Crippen molar-refractivity contribution >= 4 is 5.91 Å². The molecule has 0 N–H and O–H groups in total. The Hall–Kier alpha value is -2.38. The second-order valence-electron chi connectivity index (χ2n) is 7.24. The van der Waals surface area contributed by atoms with E-state index in [4.69, 9.17) is 4.74 Å². The maximum atomic E-state index is 13.1. The first-order valence-electron chi connectivity index (χ1n) is 9.65. The zero-order chi connectivity index (χ0) is 20.9. The molecule has 1 fully saturated rings. The number of amides is 1. The summed E-state index contributed by atoms with van der Waals surface area (Å²) >= 11 is 0. The number of rotatable bonds is 6. The highest BCUT2D eigenvalue weighted by atomic mass is 19.4. The molecule has 1 saturated heterocycles. The minimum absolute atomic E-state index is 0.0499. The van der Waals surface area contributed by atoms with Gasteiger partial charge < -0.3 is 9.64 Å². The minimum Gasteiger partial charge on any atom is -0.379 e. The van der Waals surface area contributed by atoms with E-state index >= 15 is 0 Å². The van der Waals surface area contributed by atoms with Crippen molar-refractivity contribution in [2.75, 3.05) is 39.4 Å². The molecule has 156 valence electrons. The SMILES string of the molecule is Cc1ccc(CN(CCN2CCOCC2)C(=O)c2cccc(C(F)(F)F)c2)cc1. The molecule has 0 aliphatic carbocycles. The highest BCUT2D eigenvalue weighted by Crippen LogP contribution is 2.29. The molecule has 3 rings (SSSR count). The number of hydrogen-bond donors (Lipinski definition) is 0. The summed E-state index contributed by atoms with van der Waals surface area (Å²) in [4.78, 5) is 16.9. The molecule has 1 aliphatic rings. The third kappa shape index (κ3) is 6.05. The smallest absolute Gasteiger partial charge is 0.379 e. The molecule has 2 aromatic rings. The largest absolute Gasteiger partial charge is 0.416 e. The Kier molecular flexibility index (Phi) is 6.92. The van der Waals surface area contributed by atoms with Crippen molar-refractivity contribution in [3.05, 3.63) is 70.8 Å². The van der Waals surface area contributed by atoms with Gasteiger partial charge in [-0.1, -0.05) is 35.9 Å². The zero-order valence-corrected chi connectivity index (χ0v) is 16.4. The summed E-state index contributed by atoms with van der Waals surface area (Å²) in [6.45, 7) is 6.29. The molecule has 0 unspecified atom stereocenters. The van der Waals surface area contributed by atoms with E-state index in [1.54, 1.807) is 4.90 Å². The second-order valence-corrected chi connectivity index (χ2v) is 7.24. The standard InChI is InChI=1S/C22H25F3N2O2/c1-17-5-7-18(8-6-17)16-27(10-9-26-11-13-29-14-12-26)21(28)19-3-2-4-20(15-19)22(23,24)25/h2-8,15H,9-14,16H2,1H3. The van der Waals surface area contributed by atoms with Gasteiger partial charge in [-0.25, -0.2) is 0 Å². The summed E-state index contributed by atoms with van der Waals surface area (Å²) < 4.78 is 44.5. The zero-order valence-electron chi connectivity index (χ0n) is 16.4. The third-order valence-corrected chi connectivity index (χ3v) is 5.01. The van der Waals surface area contributed by atoms with Crippen molar-refractivity contribution in [3.8, 4) is 0 Å². The summed E-state index contributed by atoms with van der Waals surface area (Å²) in [6.07, 6.45) is -4.48. The van der Waals surface area contributed by atoms with Gasteiger partial charge in [0.05, 0.1) is 18.8 Å². The van der Waals surface area contributed by atoms with Crippen LogP contribution in [0.3, 0.4) is 0 Å². The number of morpholine rings is 1. The van der Waals surface area contributed by atoms with E-state index in [1.165, 1.54) is 12.1 Å². The number of aryl methyl sites for hydroxylation is 1. The average Bonchev–Trinajstić information content (AvgIpc) is 2.72. The molecule has 7 heteroatoms. The molecule has 0 bridgehead atoms. The van der Waals surface area contributed by atoms with Crippen LogP contribution in [0.2, 0.25) is 0 Å². The van der Waals surface area contributed by atoms with Gasteiger partial charge in [0.15, 0.2) is 0 Å². The Bertz CT molecular complexity index is 816.